The SMILES string of the molecule is CC(C)c1nn(C)c(SC(C)(C)C)c1N. The fourth-order valence-electron chi connectivity index (χ4n) is 1.38. The molecule has 0 radical (unpaired) electrons. The van der Waals surface area contributed by atoms with Crippen LogP contribution in [0.3, 0.4) is 0 Å². The summed E-state index contributed by atoms with van der Waals surface area (Å²) >= 11 is 1.77. The minimum Gasteiger partial charge on any atom is -0.395 e. The van der Waals surface area contributed by atoms with Crippen LogP contribution >= 0.6 is 11.8 Å². The van der Waals surface area contributed by atoms with Gasteiger partial charge in [0.25, 0.3) is 0 Å². The van der Waals surface area contributed by atoms with Crippen LogP contribution in [-0.4, -0.2) is 14.5 Å². The molecule has 0 saturated carbocycles. The second-order valence-corrected chi connectivity index (χ2v) is 6.91. The average molecular weight is 227 g/mol. The highest BCUT2D eigenvalue weighted by molar-refractivity contribution is 8.00. The molecular weight excluding hydrogens is 206 g/mol. The highest BCUT2D eigenvalue weighted by atomic mass is 32.2. The summed E-state index contributed by atoms with van der Waals surface area (Å²) in [6.45, 7) is 10.8. The average Bonchev–Trinajstić information content (AvgIpc) is 2.29. The number of nitrogens with zero attached hydrogens (tertiary/aromatic N) is 2. The Hall–Kier alpha value is -0.640. The van der Waals surface area contributed by atoms with Crippen molar-refractivity contribution in [2.45, 2.75) is 50.3 Å². The van der Waals surface area contributed by atoms with E-state index in [0.717, 1.165) is 16.4 Å². The molecule has 0 bridgehead atoms. The Bertz CT molecular complexity index is 347. The van der Waals surface area contributed by atoms with Crippen LogP contribution in [-0.2, 0) is 7.05 Å². The summed E-state index contributed by atoms with van der Waals surface area (Å²) in [4.78, 5) is 0. The lowest BCUT2D eigenvalue weighted by atomic mass is 10.1. The molecule has 4 heteroatoms. The smallest absolute Gasteiger partial charge is 0.117 e. The van der Waals surface area contributed by atoms with E-state index >= 15 is 0 Å². The topological polar surface area (TPSA) is 43.8 Å². The van der Waals surface area contributed by atoms with Crippen LogP contribution in [0.5, 0.6) is 0 Å². The van der Waals surface area contributed by atoms with Gasteiger partial charge >= 0.3 is 0 Å². The van der Waals surface area contributed by atoms with Crippen molar-refractivity contribution in [1.29, 1.82) is 0 Å². The molecule has 0 aliphatic heterocycles. The molecule has 15 heavy (non-hydrogen) atoms. The third kappa shape index (κ3) is 2.91. The number of rotatable bonds is 2. The molecule has 1 aromatic rings. The minimum absolute atomic E-state index is 0.163. The van der Waals surface area contributed by atoms with Crippen LogP contribution in [0.25, 0.3) is 0 Å². The second-order valence-electron chi connectivity index (χ2n) is 5.10. The predicted octanol–water partition coefficient (Wildman–Crippen LogP) is 3.02. The maximum absolute atomic E-state index is 6.11. The first-order valence-electron chi connectivity index (χ1n) is 5.23. The van der Waals surface area contributed by atoms with E-state index in [1.807, 2.05) is 11.7 Å². The van der Waals surface area contributed by atoms with Gasteiger partial charge in [0, 0.05) is 11.8 Å². The number of thioether (sulfide) groups is 1. The van der Waals surface area contributed by atoms with Crippen LogP contribution in [0.15, 0.2) is 5.03 Å². The zero-order chi connectivity index (χ0) is 11.8. The van der Waals surface area contributed by atoms with Gasteiger partial charge in [-0.05, 0) is 5.92 Å². The van der Waals surface area contributed by atoms with Crippen LogP contribution < -0.4 is 5.73 Å². The standard InChI is InChI=1S/C11H21N3S/c1-7(2)9-8(12)10(14(6)13-9)15-11(3,4)5/h7H,12H2,1-6H3. The minimum atomic E-state index is 0.163. The van der Waals surface area contributed by atoms with E-state index in [4.69, 9.17) is 5.73 Å². The molecule has 3 nitrogen and oxygen atoms in total. The van der Waals surface area contributed by atoms with E-state index in [2.05, 4.69) is 39.7 Å². The number of anilines is 1. The van der Waals surface area contributed by atoms with Gasteiger partial charge < -0.3 is 5.73 Å². The first kappa shape index (κ1) is 12.4. The van der Waals surface area contributed by atoms with Crippen molar-refractivity contribution in [3.8, 4) is 0 Å². The summed E-state index contributed by atoms with van der Waals surface area (Å²) in [5.74, 6) is 0.380. The van der Waals surface area contributed by atoms with Gasteiger partial charge in [-0.2, -0.15) is 5.10 Å². The summed E-state index contributed by atoms with van der Waals surface area (Å²) in [5.41, 5.74) is 7.95. The molecule has 86 valence electrons. The molecule has 0 unspecified atom stereocenters. The van der Waals surface area contributed by atoms with Crippen LogP contribution in [0, 0.1) is 0 Å². The maximum Gasteiger partial charge on any atom is 0.117 e. The van der Waals surface area contributed by atoms with Gasteiger partial charge in [-0.25, -0.2) is 0 Å². The molecular formula is C11H21N3S. The highest BCUT2D eigenvalue weighted by Crippen LogP contribution is 2.38. The number of aromatic nitrogens is 2. The third-order valence-corrected chi connectivity index (χ3v) is 3.30. The largest absolute Gasteiger partial charge is 0.395 e. The van der Waals surface area contributed by atoms with Crippen molar-refractivity contribution in [2.75, 3.05) is 5.73 Å². The molecule has 1 heterocycles. The Morgan fingerprint density at radius 3 is 2.20 bits per heavy atom. The van der Waals surface area contributed by atoms with Gasteiger partial charge in [0.1, 0.15) is 5.03 Å². The van der Waals surface area contributed by atoms with E-state index in [1.165, 1.54) is 0 Å². The summed E-state index contributed by atoms with van der Waals surface area (Å²) in [6, 6.07) is 0. The fourth-order valence-corrected chi connectivity index (χ4v) is 2.35. The number of nitrogen functional groups attached to an aromatic ring is 1. The van der Waals surface area contributed by atoms with Crippen molar-refractivity contribution in [1.82, 2.24) is 9.78 Å². The molecule has 2 N–H and O–H groups in total. The van der Waals surface area contributed by atoms with Crippen molar-refractivity contribution in [3.63, 3.8) is 0 Å². The Morgan fingerprint density at radius 2 is 1.87 bits per heavy atom. The fraction of sp³-hybridized carbons (Fsp3) is 0.727. The van der Waals surface area contributed by atoms with Gasteiger partial charge in [0.05, 0.1) is 11.4 Å². The van der Waals surface area contributed by atoms with Gasteiger partial charge in [-0.3, -0.25) is 4.68 Å². The van der Waals surface area contributed by atoms with Crippen molar-refractivity contribution in [3.05, 3.63) is 5.69 Å². The first-order valence-corrected chi connectivity index (χ1v) is 6.05. The highest BCUT2D eigenvalue weighted by Gasteiger charge is 2.21. The molecule has 0 atom stereocenters. The molecule has 0 saturated heterocycles. The number of aryl methyl sites for hydroxylation is 1. The molecule has 0 amide bonds. The van der Waals surface area contributed by atoms with Crippen LogP contribution in [0.4, 0.5) is 5.69 Å². The van der Waals surface area contributed by atoms with Crippen LogP contribution in [0.2, 0.25) is 0 Å². The summed E-state index contributed by atoms with van der Waals surface area (Å²) in [6.07, 6.45) is 0. The molecule has 0 aliphatic rings. The Labute approximate surface area is 96.4 Å². The van der Waals surface area contributed by atoms with Gasteiger partial charge in [0.2, 0.25) is 0 Å². The zero-order valence-corrected chi connectivity index (χ0v) is 11.3. The second kappa shape index (κ2) is 4.08. The molecule has 0 aromatic carbocycles. The summed E-state index contributed by atoms with van der Waals surface area (Å²) in [5, 5.41) is 5.54. The quantitative estimate of drug-likeness (QED) is 0.790. The van der Waals surface area contributed by atoms with Gasteiger partial charge in [-0.1, -0.05) is 46.4 Å². The Balaban J connectivity index is 3.09. The Morgan fingerprint density at radius 1 is 1.33 bits per heavy atom. The van der Waals surface area contributed by atoms with Gasteiger partial charge in [-0.15, -0.1) is 0 Å². The third-order valence-electron chi connectivity index (χ3n) is 2.01. The molecule has 0 spiro atoms. The van der Waals surface area contributed by atoms with Crippen molar-refractivity contribution < 1.29 is 0 Å². The van der Waals surface area contributed by atoms with E-state index < -0.39 is 0 Å². The maximum atomic E-state index is 6.11. The molecule has 1 rings (SSSR count). The van der Waals surface area contributed by atoms with Crippen molar-refractivity contribution in [2.24, 2.45) is 7.05 Å². The van der Waals surface area contributed by atoms with E-state index in [1.54, 1.807) is 11.8 Å². The first-order chi connectivity index (χ1) is 6.72. The van der Waals surface area contributed by atoms with Crippen LogP contribution in [0.1, 0.15) is 46.2 Å². The Kier molecular flexibility index (Phi) is 3.38. The summed E-state index contributed by atoms with van der Waals surface area (Å²) in [7, 11) is 1.95. The predicted molar refractivity (Wildman–Crippen MR) is 67.3 cm³/mol. The lowest BCUT2D eigenvalue weighted by Gasteiger charge is -2.17. The lowest BCUT2D eigenvalue weighted by molar-refractivity contribution is 0.666. The lowest BCUT2D eigenvalue weighted by Crippen LogP contribution is -2.09. The monoisotopic (exact) mass is 227 g/mol. The van der Waals surface area contributed by atoms with E-state index in [9.17, 15) is 0 Å². The molecule has 1 aromatic heterocycles. The summed E-state index contributed by atoms with van der Waals surface area (Å²) < 4.78 is 2.05. The van der Waals surface area contributed by atoms with E-state index in [-0.39, 0.29) is 4.75 Å². The number of nitrogens with two attached hydrogens (primary N) is 1. The van der Waals surface area contributed by atoms with E-state index in [0.29, 0.717) is 5.92 Å². The molecule has 0 fully saturated rings. The van der Waals surface area contributed by atoms with Gasteiger partial charge in [0.15, 0.2) is 0 Å². The van der Waals surface area contributed by atoms with Crippen molar-refractivity contribution >= 4 is 17.4 Å². The number of hydrogen-bond acceptors (Lipinski definition) is 3. The normalized spacial score (nSPS) is 12.5. The molecule has 0 aliphatic carbocycles. The number of hydrogen-bond donors (Lipinski definition) is 1. The zero-order valence-electron chi connectivity index (χ0n) is 10.5.